The highest BCUT2D eigenvalue weighted by Gasteiger charge is 2.24. The molecule has 1 aliphatic carbocycles. The van der Waals surface area contributed by atoms with E-state index < -0.39 is 5.91 Å². The first-order chi connectivity index (χ1) is 12.0. The van der Waals surface area contributed by atoms with Gasteiger partial charge in [0.05, 0.1) is 12.0 Å². The number of aryl methyl sites for hydroxylation is 1. The molecule has 0 aliphatic heterocycles. The highest BCUT2D eigenvalue weighted by atomic mass is 32.1. The summed E-state index contributed by atoms with van der Waals surface area (Å²) in [5.74, 6) is -0.0900. The molecule has 4 nitrogen and oxygen atoms in total. The third-order valence-corrected chi connectivity index (χ3v) is 5.89. The number of nitrogens with one attached hydrogen (secondary N) is 1. The molecule has 132 valence electrons. The van der Waals surface area contributed by atoms with E-state index in [4.69, 9.17) is 5.73 Å². The van der Waals surface area contributed by atoms with E-state index in [1.807, 2.05) is 12.1 Å². The molecule has 3 N–H and O–H groups in total. The van der Waals surface area contributed by atoms with Crippen LogP contribution in [0.3, 0.4) is 0 Å². The number of primary amides is 1. The summed E-state index contributed by atoms with van der Waals surface area (Å²) in [5, 5.41) is 3.53. The van der Waals surface area contributed by atoms with Crippen LogP contribution >= 0.6 is 11.3 Å². The lowest BCUT2D eigenvalue weighted by atomic mass is 9.95. The average Bonchev–Trinajstić information content (AvgIpc) is 2.92. The van der Waals surface area contributed by atoms with E-state index in [0.29, 0.717) is 22.9 Å². The Labute approximate surface area is 152 Å². The number of anilines is 1. The molecule has 0 atom stereocenters. The Balaban J connectivity index is 1.74. The van der Waals surface area contributed by atoms with Crippen molar-refractivity contribution in [3.05, 3.63) is 51.4 Å². The van der Waals surface area contributed by atoms with Gasteiger partial charge in [-0.15, -0.1) is 11.3 Å². The Morgan fingerprint density at radius 2 is 1.84 bits per heavy atom. The number of amides is 2. The molecule has 0 fully saturated rings. The molecular weight excluding hydrogens is 332 g/mol. The number of nitrogens with two attached hydrogens (primary N) is 1. The number of benzene rings is 1. The second kappa shape index (κ2) is 7.40. The van der Waals surface area contributed by atoms with Crippen molar-refractivity contribution in [3.8, 4) is 0 Å². The molecule has 1 heterocycles. The normalized spacial score (nSPS) is 13.6. The molecular formula is C20H24N2O2S. The Bertz CT molecular complexity index is 791. The molecule has 1 aromatic carbocycles. The summed E-state index contributed by atoms with van der Waals surface area (Å²) in [4.78, 5) is 25.5. The monoisotopic (exact) mass is 356 g/mol. The van der Waals surface area contributed by atoms with Crippen molar-refractivity contribution < 1.29 is 9.59 Å². The zero-order chi connectivity index (χ0) is 18.0. The largest absolute Gasteiger partial charge is 0.365 e. The average molecular weight is 356 g/mol. The molecule has 0 saturated heterocycles. The third-order valence-electron chi connectivity index (χ3n) is 4.68. The van der Waals surface area contributed by atoms with Crippen LogP contribution in [0.25, 0.3) is 0 Å². The van der Waals surface area contributed by atoms with E-state index in [1.165, 1.54) is 21.8 Å². The number of carbonyl (C=O) groups excluding carboxylic acids is 2. The van der Waals surface area contributed by atoms with Crippen molar-refractivity contribution in [3.63, 3.8) is 0 Å². The van der Waals surface area contributed by atoms with Crippen molar-refractivity contribution in [2.45, 2.75) is 51.9 Å². The van der Waals surface area contributed by atoms with E-state index in [2.05, 4.69) is 31.3 Å². The van der Waals surface area contributed by atoms with Crippen LogP contribution in [-0.2, 0) is 24.1 Å². The van der Waals surface area contributed by atoms with E-state index in [1.54, 1.807) is 0 Å². The molecule has 1 aromatic heterocycles. The van der Waals surface area contributed by atoms with E-state index in [9.17, 15) is 9.59 Å². The van der Waals surface area contributed by atoms with Gasteiger partial charge in [-0.2, -0.15) is 0 Å². The summed E-state index contributed by atoms with van der Waals surface area (Å²) in [7, 11) is 0. The SMILES string of the molecule is CC(C)c1ccc(CC(=O)Nc2sc3c(c2C(N)=O)CCCC3)cc1. The summed E-state index contributed by atoms with van der Waals surface area (Å²) in [5.41, 5.74) is 9.35. The highest BCUT2D eigenvalue weighted by molar-refractivity contribution is 7.17. The fourth-order valence-electron chi connectivity index (χ4n) is 3.29. The maximum atomic E-state index is 12.4. The van der Waals surface area contributed by atoms with Gasteiger partial charge >= 0.3 is 0 Å². The smallest absolute Gasteiger partial charge is 0.251 e. The molecule has 5 heteroatoms. The summed E-state index contributed by atoms with van der Waals surface area (Å²) < 4.78 is 0. The lowest BCUT2D eigenvalue weighted by molar-refractivity contribution is -0.115. The minimum absolute atomic E-state index is 0.113. The summed E-state index contributed by atoms with van der Waals surface area (Å²) >= 11 is 1.50. The van der Waals surface area contributed by atoms with E-state index in [0.717, 1.165) is 36.8 Å². The Morgan fingerprint density at radius 1 is 1.16 bits per heavy atom. The topological polar surface area (TPSA) is 72.2 Å². The Morgan fingerprint density at radius 3 is 2.48 bits per heavy atom. The van der Waals surface area contributed by atoms with Crippen LogP contribution in [-0.4, -0.2) is 11.8 Å². The van der Waals surface area contributed by atoms with E-state index in [-0.39, 0.29) is 5.91 Å². The first-order valence-electron chi connectivity index (χ1n) is 8.78. The predicted molar refractivity (Wildman–Crippen MR) is 102 cm³/mol. The highest BCUT2D eigenvalue weighted by Crippen LogP contribution is 2.37. The molecule has 0 spiro atoms. The van der Waals surface area contributed by atoms with E-state index >= 15 is 0 Å². The van der Waals surface area contributed by atoms with Gasteiger partial charge in [0.2, 0.25) is 5.91 Å². The molecule has 0 unspecified atom stereocenters. The molecule has 0 bridgehead atoms. The van der Waals surface area contributed by atoms with Crippen LogP contribution in [0.2, 0.25) is 0 Å². The number of hydrogen-bond donors (Lipinski definition) is 2. The van der Waals surface area contributed by atoms with Crippen molar-refractivity contribution >= 4 is 28.2 Å². The van der Waals surface area contributed by atoms with Gasteiger partial charge in [0.25, 0.3) is 5.91 Å². The maximum absolute atomic E-state index is 12.4. The van der Waals surface area contributed by atoms with Crippen LogP contribution in [0.15, 0.2) is 24.3 Å². The minimum Gasteiger partial charge on any atom is -0.365 e. The first-order valence-corrected chi connectivity index (χ1v) is 9.60. The van der Waals surface area contributed by atoms with Crippen molar-refractivity contribution in [1.29, 1.82) is 0 Å². The fourth-order valence-corrected chi connectivity index (χ4v) is 4.60. The zero-order valence-electron chi connectivity index (χ0n) is 14.7. The van der Waals surface area contributed by atoms with Crippen molar-refractivity contribution in [1.82, 2.24) is 0 Å². The summed E-state index contributed by atoms with van der Waals surface area (Å²) in [6.45, 7) is 4.29. The van der Waals surface area contributed by atoms with Crippen LogP contribution in [0.5, 0.6) is 0 Å². The minimum atomic E-state index is -0.448. The number of rotatable bonds is 5. The molecule has 2 aromatic rings. The molecule has 0 radical (unpaired) electrons. The Kier molecular flexibility index (Phi) is 5.23. The molecule has 1 aliphatic rings. The van der Waals surface area contributed by atoms with Crippen LogP contribution in [0, 0.1) is 0 Å². The van der Waals surface area contributed by atoms with Gasteiger partial charge < -0.3 is 11.1 Å². The zero-order valence-corrected chi connectivity index (χ0v) is 15.5. The molecule has 3 rings (SSSR count). The van der Waals surface area contributed by atoms with Gasteiger partial charge in [-0.1, -0.05) is 38.1 Å². The van der Waals surface area contributed by atoms with Crippen molar-refractivity contribution in [2.75, 3.05) is 5.32 Å². The van der Waals surface area contributed by atoms with Crippen molar-refractivity contribution in [2.24, 2.45) is 5.73 Å². The van der Waals surface area contributed by atoms with Gasteiger partial charge in [-0.3, -0.25) is 9.59 Å². The molecule has 0 saturated carbocycles. The lowest BCUT2D eigenvalue weighted by Crippen LogP contribution is -2.19. The summed E-state index contributed by atoms with van der Waals surface area (Å²) in [6.07, 6.45) is 4.32. The quantitative estimate of drug-likeness (QED) is 0.849. The van der Waals surface area contributed by atoms with Crippen LogP contribution in [0.4, 0.5) is 5.00 Å². The number of fused-ring (bicyclic) bond motifs is 1. The number of hydrogen-bond acceptors (Lipinski definition) is 3. The second-order valence-corrected chi connectivity index (χ2v) is 8.01. The first kappa shape index (κ1) is 17.7. The number of carbonyl (C=O) groups is 2. The van der Waals surface area contributed by atoms with Gasteiger partial charge in [-0.25, -0.2) is 0 Å². The van der Waals surface area contributed by atoms with Gasteiger partial charge in [0.15, 0.2) is 0 Å². The maximum Gasteiger partial charge on any atom is 0.251 e. The van der Waals surface area contributed by atoms with Crippen LogP contribution < -0.4 is 11.1 Å². The summed E-state index contributed by atoms with van der Waals surface area (Å²) in [6, 6.07) is 8.10. The third kappa shape index (κ3) is 3.93. The lowest BCUT2D eigenvalue weighted by Gasteiger charge is -2.11. The van der Waals surface area contributed by atoms with Gasteiger partial charge in [0.1, 0.15) is 5.00 Å². The molecule has 25 heavy (non-hydrogen) atoms. The fraction of sp³-hybridized carbons (Fsp3) is 0.400. The number of thiophene rings is 1. The standard InChI is InChI=1S/C20H24N2O2S/c1-12(2)14-9-7-13(8-10-14)11-17(23)22-20-18(19(21)24)15-5-3-4-6-16(15)25-20/h7-10,12H,3-6,11H2,1-2H3,(H2,21,24)(H,22,23). The molecule has 2 amide bonds. The Hall–Kier alpha value is -2.14. The van der Waals surface area contributed by atoms with Gasteiger partial charge in [-0.05, 0) is 48.3 Å². The van der Waals surface area contributed by atoms with Crippen LogP contribution in [0.1, 0.15) is 64.5 Å². The predicted octanol–water partition coefficient (Wildman–Crippen LogP) is 4.03. The second-order valence-electron chi connectivity index (χ2n) is 6.90. The van der Waals surface area contributed by atoms with Gasteiger partial charge in [0, 0.05) is 4.88 Å².